The number of hydrogen-bond donors (Lipinski definition) is 0. The maximum Gasteiger partial charge on any atom is 0.104 e. The maximum atomic E-state index is 6.59. The second kappa shape index (κ2) is 13.6. The molecule has 0 N–H and O–H groups in total. The Bertz CT molecular complexity index is 374. The quantitative estimate of drug-likeness (QED) is 0.158. The Hall–Kier alpha value is -0.540. The zero-order chi connectivity index (χ0) is 19.2. The Morgan fingerprint density at radius 2 is 1.59 bits per heavy atom. The monoisotopic (exact) mass is 380 g/mol. The first kappa shape index (κ1) is 22.7. The van der Waals surface area contributed by atoms with Gasteiger partial charge in [-0.2, -0.15) is 0 Å². The van der Waals surface area contributed by atoms with Crippen LogP contribution in [0, 0.1) is 5.92 Å². The molecule has 2 unspecified atom stereocenters. The van der Waals surface area contributed by atoms with Gasteiger partial charge in [-0.1, -0.05) is 77.7 Å². The lowest BCUT2D eigenvalue weighted by Gasteiger charge is -2.42. The van der Waals surface area contributed by atoms with Crippen LogP contribution >= 0.6 is 0 Å². The molecule has 0 spiro atoms. The second-order valence-electron chi connectivity index (χ2n) is 8.64. The summed E-state index contributed by atoms with van der Waals surface area (Å²) in [4.78, 5) is 0. The molecule has 0 aromatic heterocycles. The van der Waals surface area contributed by atoms with Crippen LogP contribution in [0.3, 0.4) is 0 Å². The Kier molecular flexibility index (Phi) is 11.5. The molecular weight excluding hydrogens is 336 g/mol. The highest BCUT2D eigenvalue weighted by atomic mass is 16.6. The minimum atomic E-state index is 0.123. The number of ether oxygens (including phenoxy) is 3. The minimum Gasteiger partial charge on any atom is -0.502 e. The van der Waals surface area contributed by atoms with Gasteiger partial charge in [0, 0.05) is 0 Å². The average Bonchev–Trinajstić information content (AvgIpc) is 3.54. The van der Waals surface area contributed by atoms with Crippen LogP contribution < -0.4 is 0 Å². The van der Waals surface area contributed by atoms with Gasteiger partial charge in [0.05, 0.1) is 31.7 Å². The Labute approximate surface area is 168 Å². The zero-order valence-corrected chi connectivity index (χ0v) is 17.9. The van der Waals surface area contributed by atoms with Crippen molar-refractivity contribution in [2.24, 2.45) is 5.92 Å². The summed E-state index contributed by atoms with van der Waals surface area (Å²) in [5.74, 6) is 0.771. The van der Waals surface area contributed by atoms with E-state index in [1.165, 1.54) is 83.5 Å². The smallest absolute Gasteiger partial charge is 0.104 e. The predicted octanol–water partition coefficient (Wildman–Crippen LogP) is 6.80. The molecule has 0 bridgehead atoms. The fourth-order valence-corrected chi connectivity index (χ4v) is 4.77. The SMILES string of the molecule is C=COCCCCCCCCCCC(CC)(OCC1CO1)C1CCCCC1. The molecule has 1 saturated carbocycles. The van der Waals surface area contributed by atoms with Crippen molar-refractivity contribution in [3.05, 3.63) is 12.8 Å². The molecule has 158 valence electrons. The van der Waals surface area contributed by atoms with Gasteiger partial charge in [0.25, 0.3) is 0 Å². The van der Waals surface area contributed by atoms with Crippen molar-refractivity contribution in [1.82, 2.24) is 0 Å². The summed E-state index contributed by atoms with van der Waals surface area (Å²) in [6.45, 7) is 8.48. The lowest BCUT2D eigenvalue weighted by atomic mass is 9.73. The first-order chi connectivity index (χ1) is 13.3. The first-order valence-corrected chi connectivity index (χ1v) is 11.8. The predicted molar refractivity (Wildman–Crippen MR) is 113 cm³/mol. The van der Waals surface area contributed by atoms with Gasteiger partial charge in [0.15, 0.2) is 0 Å². The average molecular weight is 381 g/mol. The van der Waals surface area contributed by atoms with Crippen LogP contribution in [-0.4, -0.2) is 31.5 Å². The first-order valence-electron chi connectivity index (χ1n) is 11.8. The van der Waals surface area contributed by atoms with Crippen molar-refractivity contribution in [3.63, 3.8) is 0 Å². The van der Waals surface area contributed by atoms with Gasteiger partial charge in [-0.25, -0.2) is 0 Å². The van der Waals surface area contributed by atoms with Gasteiger partial charge < -0.3 is 14.2 Å². The summed E-state index contributed by atoms with van der Waals surface area (Å²) in [5, 5.41) is 0. The van der Waals surface area contributed by atoms with Gasteiger partial charge in [-0.05, 0) is 38.0 Å². The van der Waals surface area contributed by atoms with Gasteiger partial charge in [-0.15, -0.1) is 0 Å². The van der Waals surface area contributed by atoms with E-state index < -0.39 is 0 Å². The van der Waals surface area contributed by atoms with Crippen molar-refractivity contribution in [2.75, 3.05) is 19.8 Å². The summed E-state index contributed by atoms with van der Waals surface area (Å²) >= 11 is 0. The number of rotatable bonds is 17. The van der Waals surface area contributed by atoms with Crippen molar-refractivity contribution in [1.29, 1.82) is 0 Å². The number of epoxide rings is 1. The zero-order valence-electron chi connectivity index (χ0n) is 17.9. The van der Waals surface area contributed by atoms with Crippen LogP contribution in [0.15, 0.2) is 12.8 Å². The van der Waals surface area contributed by atoms with E-state index >= 15 is 0 Å². The van der Waals surface area contributed by atoms with E-state index in [1.807, 2.05) is 0 Å². The standard InChI is InChI=1S/C24H44O3/c1-3-24(27-21-23-20-26-23,22-16-12-11-13-17-22)18-14-9-7-5-6-8-10-15-19-25-4-2/h4,22-23H,2-3,5-21H2,1H3. The highest BCUT2D eigenvalue weighted by Crippen LogP contribution is 2.41. The summed E-state index contributed by atoms with van der Waals surface area (Å²) in [6, 6.07) is 0. The lowest BCUT2D eigenvalue weighted by molar-refractivity contribution is -0.110. The Morgan fingerprint density at radius 3 is 2.19 bits per heavy atom. The third kappa shape index (κ3) is 9.00. The highest BCUT2D eigenvalue weighted by molar-refractivity contribution is 4.90. The summed E-state index contributed by atoms with van der Waals surface area (Å²) in [5.41, 5.74) is 0.123. The fourth-order valence-electron chi connectivity index (χ4n) is 4.77. The maximum absolute atomic E-state index is 6.59. The normalized spacial score (nSPS) is 22.3. The van der Waals surface area contributed by atoms with Gasteiger partial charge >= 0.3 is 0 Å². The van der Waals surface area contributed by atoms with E-state index in [9.17, 15) is 0 Å². The molecule has 0 aromatic rings. The Balaban J connectivity index is 1.60. The molecular formula is C24H44O3. The van der Waals surface area contributed by atoms with E-state index in [1.54, 1.807) is 6.26 Å². The van der Waals surface area contributed by atoms with E-state index in [4.69, 9.17) is 14.2 Å². The van der Waals surface area contributed by atoms with E-state index in [0.717, 1.165) is 38.6 Å². The fraction of sp³-hybridized carbons (Fsp3) is 0.917. The van der Waals surface area contributed by atoms with Gasteiger partial charge in [0.2, 0.25) is 0 Å². The van der Waals surface area contributed by atoms with E-state index in [2.05, 4.69) is 13.5 Å². The van der Waals surface area contributed by atoms with Crippen LogP contribution in [0.25, 0.3) is 0 Å². The van der Waals surface area contributed by atoms with Crippen LogP contribution in [0.5, 0.6) is 0 Å². The number of hydrogen-bond acceptors (Lipinski definition) is 3. The van der Waals surface area contributed by atoms with Crippen LogP contribution in [0.2, 0.25) is 0 Å². The van der Waals surface area contributed by atoms with Crippen molar-refractivity contribution < 1.29 is 14.2 Å². The molecule has 3 heteroatoms. The molecule has 1 aliphatic carbocycles. The van der Waals surface area contributed by atoms with Gasteiger partial charge in [0.1, 0.15) is 6.10 Å². The molecule has 2 rings (SSSR count). The third-order valence-corrected chi connectivity index (χ3v) is 6.64. The van der Waals surface area contributed by atoms with Gasteiger partial charge in [-0.3, -0.25) is 0 Å². The van der Waals surface area contributed by atoms with E-state index in [-0.39, 0.29) is 5.60 Å². The number of unbranched alkanes of at least 4 members (excludes halogenated alkanes) is 7. The second-order valence-corrected chi connectivity index (χ2v) is 8.64. The Morgan fingerprint density at radius 1 is 0.963 bits per heavy atom. The molecule has 0 aromatic carbocycles. The largest absolute Gasteiger partial charge is 0.502 e. The van der Waals surface area contributed by atoms with Crippen LogP contribution in [0.4, 0.5) is 0 Å². The van der Waals surface area contributed by atoms with Crippen molar-refractivity contribution in [2.45, 2.75) is 115 Å². The molecule has 27 heavy (non-hydrogen) atoms. The third-order valence-electron chi connectivity index (χ3n) is 6.64. The van der Waals surface area contributed by atoms with Crippen molar-refractivity contribution >= 4 is 0 Å². The molecule has 1 saturated heterocycles. The summed E-state index contributed by atoms with van der Waals surface area (Å²) in [6.07, 6.45) is 21.9. The summed E-state index contributed by atoms with van der Waals surface area (Å²) in [7, 11) is 0. The lowest BCUT2D eigenvalue weighted by Crippen LogP contribution is -2.42. The van der Waals surface area contributed by atoms with Crippen LogP contribution in [-0.2, 0) is 14.2 Å². The molecule has 2 aliphatic rings. The molecule has 0 radical (unpaired) electrons. The molecule has 0 amide bonds. The van der Waals surface area contributed by atoms with E-state index in [0.29, 0.717) is 6.10 Å². The molecule has 2 atom stereocenters. The van der Waals surface area contributed by atoms with Crippen molar-refractivity contribution in [3.8, 4) is 0 Å². The summed E-state index contributed by atoms with van der Waals surface area (Å²) < 4.78 is 17.2. The van der Waals surface area contributed by atoms with Crippen LogP contribution in [0.1, 0.15) is 103 Å². The highest BCUT2D eigenvalue weighted by Gasteiger charge is 2.39. The minimum absolute atomic E-state index is 0.123. The molecule has 1 heterocycles. The molecule has 1 aliphatic heterocycles. The molecule has 2 fully saturated rings. The topological polar surface area (TPSA) is 31.0 Å². The molecule has 3 nitrogen and oxygen atoms in total.